The van der Waals surface area contributed by atoms with E-state index in [-0.39, 0.29) is 31.5 Å². The first-order chi connectivity index (χ1) is 16.4. The highest BCUT2D eigenvalue weighted by atomic mass is 35.5. The van der Waals surface area contributed by atoms with Crippen molar-refractivity contribution in [3.05, 3.63) is 58.6 Å². The van der Waals surface area contributed by atoms with Crippen LogP contribution in [0.3, 0.4) is 0 Å². The van der Waals surface area contributed by atoms with Crippen molar-refractivity contribution in [2.45, 2.75) is 23.1 Å². The van der Waals surface area contributed by atoms with E-state index >= 15 is 0 Å². The largest absolute Gasteiger partial charge is 0.573 e. The fourth-order valence-electron chi connectivity index (χ4n) is 3.54. The van der Waals surface area contributed by atoms with Gasteiger partial charge in [-0.3, -0.25) is 4.72 Å². The number of halogens is 5. The SMILES string of the molecule is CN1CC[C@@H](Oc2cc(NS(=O)(=O)c3cc(Cl)c(-c4cccc(OC(F)(F)F)c4)s3)ccc2Cl)C1. The molecule has 3 aromatic rings. The van der Waals surface area contributed by atoms with Crippen LogP contribution in [0.5, 0.6) is 11.5 Å². The number of thiophene rings is 1. The summed E-state index contributed by atoms with van der Waals surface area (Å²) < 4.78 is 75.9. The van der Waals surface area contributed by atoms with Crippen molar-refractivity contribution < 1.29 is 31.1 Å². The number of likely N-dealkylation sites (tertiary alicyclic amines) is 1. The van der Waals surface area contributed by atoms with Crippen LogP contribution in [-0.4, -0.2) is 45.9 Å². The third-order valence-corrected chi connectivity index (χ3v) is 8.85. The molecule has 35 heavy (non-hydrogen) atoms. The molecule has 1 aliphatic heterocycles. The zero-order chi connectivity index (χ0) is 25.4. The van der Waals surface area contributed by atoms with Gasteiger partial charge in [0.15, 0.2) is 0 Å². The molecule has 0 amide bonds. The molecular weight excluding hydrogens is 548 g/mol. The Balaban J connectivity index is 1.55. The van der Waals surface area contributed by atoms with Crippen LogP contribution in [0.2, 0.25) is 10.0 Å². The van der Waals surface area contributed by atoms with Gasteiger partial charge in [0.2, 0.25) is 0 Å². The number of likely N-dealkylation sites (N-methyl/N-ethyl adjacent to an activating group) is 1. The number of anilines is 1. The lowest BCUT2D eigenvalue weighted by molar-refractivity contribution is -0.274. The zero-order valence-electron chi connectivity index (χ0n) is 18.1. The summed E-state index contributed by atoms with van der Waals surface area (Å²) in [4.78, 5) is 2.40. The molecule has 1 N–H and O–H groups in total. The maximum atomic E-state index is 13.0. The molecule has 0 bridgehead atoms. The van der Waals surface area contributed by atoms with E-state index in [0.717, 1.165) is 43.0 Å². The molecule has 1 saturated heterocycles. The van der Waals surface area contributed by atoms with Gasteiger partial charge >= 0.3 is 6.36 Å². The van der Waals surface area contributed by atoms with Crippen molar-refractivity contribution in [2.24, 2.45) is 0 Å². The van der Waals surface area contributed by atoms with Gasteiger partial charge in [-0.25, -0.2) is 8.42 Å². The van der Waals surface area contributed by atoms with Crippen molar-refractivity contribution in [1.82, 2.24) is 4.90 Å². The van der Waals surface area contributed by atoms with Gasteiger partial charge in [-0.1, -0.05) is 35.3 Å². The Kier molecular flexibility index (Phi) is 7.44. The standard InChI is InChI=1S/C22H19Cl2F3N2O4S2/c1-29-8-7-16(12-29)32-19-10-14(5-6-17(19)23)28-35(30,31)20-11-18(24)21(34-20)13-3-2-4-15(9-13)33-22(25,26)27/h2-6,9-11,16,28H,7-8,12H2,1H3/t16-/m1/s1. The van der Waals surface area contributed by atoms with Gasteiger partial charge in [0.25, 0.3) is 10.0 Å². The maximum absolute atomic E-state index is 13.0. The van der Waals surface area contributed by atoms with Gasteiger partial charge < -0.3 is 14.4 Å². The first-order valence-electron chi connectivity index (χ1n) is 10.2. The highest BCUT2D eigenvalue weighted by Gasteiger charge is 2.31. The Labute approximate surface area is 214 Å². The smallest absolute Gasteiger partial charge is 0.487 e. The van der Waals surface area contributed by atoms with Crippen molar-refractivity contribution >= 4 is 50.2 Å². The molecule has 0 radical (unpaired) electrons. The van der Waals surface area contributed by atoms with E-state index in [1.54, 1.807) is 0 Å². The average Bonchev–Trinajstić information content (AvgIpc) is 3.35. The van der Waals surface area contributed by atoms with E-state index < -0.39 is 22.1 Å². The van der Waals surface area contributed by atoms with E-state index in [4.69, 9.17) is 27.9 Å². The summed E-state index contributed by atoms with van der Waals surface area (Å²) in [6, 6.07) is 10.9. The summed E-state index contributed by atoms with van der Waals surface area (Å²) in [5.74, 6) is -0.0808. The van der Waals surface area contributed by atoms with Crippen molar-refractivity contribution in [3.63, 3.8) is 0 Å². The van der Waals surface area contributed by atoms with Gasteiger partial charge in [-0.05, 0) is 49.4 Å². The molecule has 1 atom stereocenters. The predicted octanol–water partition coefficient (Wildman–Crippen LogP) is 6.50. The second-order valence-electron chi connectivity index (χ2n) is 7.86. The van der Waals surface area contributed by atoms with Crippen LogP contribution in [0.15, 0.2) is 52.7 Å². The van der Waals surface area contributed by atoms with Crippen LogP contribution in [-0.2, 0) is 10.0 Å². The zero-order valence-corrected chi connectivity index (χ0v) is 21.2. The Morgan fingerprint density at radius 3 is 2.57 bits per heavy atom. The molecule has 0 saturated carbocycles. The van der Waals surface area contributed by atoms with Crippen molar-refractivity contribution in [1.29, 1.82) is 0 Å². The van der Waals surface area contributed by atoms with Crippen LogP contribution in [0.1, 0.15) is 6.42 Å². The molecule has 4 rings (SSSR count). The average molecular weight is 567 g/mol. The normalized spacial score (nSPS) is 16.9. The number of nitrogens with zero attached hydrogens (tertiary/aromatic N) is 1. The van der Waals surface area contributed by atoms with Crippen LogP contribution < -0.4 is 14.2 Å². The fraction of sp³-hybridized carbons (Fsp3) is 0.273. The highest BCUT2D eigenvalue weighted by Crippen LogP contribution is 2.40. The molecule has 2 aromatic carbocycles. The molecule has 0 aliphatic carbocycles. The molecule has 0 spiro atoms. The lowest BCUT2D eigenvalue weighted by Crippen LogP contribution is -2.21. The van der Waals surface area contributed by atoms with Gasteiger partial charge in [-0.15, -0.1) is 24.5 Å². The fourth-order valence-corrected chi connectivity index (χ4v) is 6.57. The summed E-state index contributed by atoms with van der Waals surface area (Å²) in [6.45, 7) is 1.62. The van der Waals surface area contributed by atoms with E-state index in [0.29, 0.717) is 10.8 Å². The molecule has 1 aliphatic rings. The summed E-state index contributed by atoms with van der Waals surface area (Å²) in [6.07, 6.45) is -4.08. The first-order valence-corrected chi connectivity index (χ1v) is 13.3. The summed E-state index contributed by atoms with van der Waals surface area (Å²) in [5.41, 5.74) is 0.523. The molecule has 0 unspecified atom stereocenters. The van der Waals surface area contributed by atoms with Crippen molar-refractivity contribution in [2.75, 3.05) is 24.9 Å². The number of hydrogen-bond acceptors (Lipinski definition) is 6. The van der Waals surface area contributed by atoms with Crippen LogP contribution in [0, 0.1) is 0 Å². The summed E-state index contributed by atoms with van der Waals surface area (Å²) in [7, 11) is -2.08. The molecule has 1 fully saturated rings. The van der Waals surface area contributed by atoms with Gasteiger partial charge in [0.1, 0.15) is 21.8 Å². The van der Waals surface area contributed by atoms with Crippen LogP contribution in [0.4, 0.5) is 18.9 Å². The number of sulfonamides is 1. The minimum atomic E-state index is -4.86. The topological polar surface area (TPSA) is 67.9 Å². The van der Waals surface area contributed by atoms with E-state index in [1.165, 1.54) is 36.4 Å². The van der Waals surface area contributed by atoms with Crippen LogP contribution >= 0.6 is 34.5 Å². The van der Waals surface area contributed by atoms with Gasteiger partial charge in [-0.2, -0.15) is 0 Å². The van der Waals surface area contributed by atoms with Crippen LogP contribution in [0.25, 0.3) is 10.4 Å². The Hall–Kier alpha value is -2.18. The van der Waals surface area contributed by atoms with Gasteiger partial charge in [0, 0.05) is 19.2 Å². The monoisotopic (exact) mass is 566 g/mol. The highest BCUT2D eigenvalue weighted by molar-refractivity contribution is 7.94. The predicted molar refractivity (Wildman–Crippen MR) is 130 cm³/mol. The molecule has 2 heterocycles. The number of alkyl halides is 3. The van der Waals surface area contributed by atoms with Crippen molar-refractivity contribution in [3.8, 4) is 21.9 Å². The summed E-state index contributed by atoms with van der Waals surface area (Å²) >= 11 is 13.3. The first kappa shape index (κ1) is 25.9. The molecule has 188 valence electrons. The minimum Gasteiger partial charge on any atom is -0.487 e. The lowest BCUT2D eigenvalue weighted by Gasteiger charge is -2.16. The number of nitrogens with one attached hydrogen (secondary N) is 1. The van der Waals surface area contributed by atoms with E-state index in [2.05, 4.69) is 14.4 Å². The van der Waals surface area contributed by atoms with E-state index in [9.17, 15) is 21.6 Å². The second-order valence-corrected chi connectivity index (χ2v) is 11.6. The number of hydrogen-bond donors (Lipinski definition) is 1. The third-order valence-electron chi connectivity index (χ3n) is 5.08. The molecule has 6 nitrogen and oxygen atoms in total. The third kappa shape index (κ3) is 6.53. The molecule has 1 aromatic heterocycles. The number of ether oxygens (including phenoxy) is 2. The maximum Gasteiger partial charge on any atom is 0.573 e. The van der Waals surface area contributed by atoms with E-state index in [1.807, 2.05) is 7.05 Å². The Morgan fingerprint density at radius 1 is 1.11 bits per heavy atom. The summed E-state index contributed by atoms with van der Waals surface area (Å²) in [5, 5.41) is 0.426. The van der Waals surface area contributed by atoms with Gasteiger partial charge in [0.05, 0.1) is 20.6 Å². The molecule has 13 heteroatoms. The number of rotatable bonds is 7. The minimum absolute atomic E-state index is 0.0555. The number of benzene rings is 2. The lowest BCUT2D eigenvalue weighted by atomic mass is 10.2. The quantitative estimate of drug-likeness (QED) is 0.353. The molecular formula is C22H19Cl2F3N2O4S2. The Bertz CT molecular complexity index is 1330. The second kappa shape index (κ2) is 10.1. The Morgan fingerprint density at radius 2 is 1.89 bits per heavy atom.